The van der Waals surface area contributed by atoms with E-state index in [2.05, 4.69) is 18.3 Å². The maximum absolute atomic E-state index is 12.3. The summed E-state index contributed by atoms with van der Waals surface area (Å²) in [5.41, 5.74) is 0.135. The predicted octanol–water partition coefficient (Wildman–Crippen LogP) is 4.23. The van der Waals surface area contributed by atoms with E-state index in [0.29, 0.717) is 24.7 Å². The monoisotopic (exact) mass is 356 g/mol. The Morgan fingerprint density at radius 2 is 2.00 bits per heavy atom. The number of benzene rings is 1. The second-order valence-electron chi connectivity index (χ2n) is 6.56. The Kier molecular flexibility index (Phi) is 7.53. The van der Waals surface area contributed by atoms with Crippen LogP contribution in [0.4, 0.5) is 0 Å². The second-order valence-corrected chi connectivity index (χ2v) is 6.56. The van der Waals surface area contributed by atoms with Gasteiger partial charge in [0.15, 0.2) is 11.5 Å². The SMILES string of the molecule is CCCOc1ccc(/C=C/C(=O)NC2(C#N)CCCCC2)cc1OCC. The first-order valence-corrected chi connectivity index (χ1v) is 9.43. The topological polar surface area (TPSA) is 71.3 Å². The first-order chi connectivity index (χ1) is 12.6. The number of nitriles is 1. The molecule has 5 nitrogen and oxygen atoms in total. The quantitative estimate of drug-likeness (QED) is 0.708. The van der Waals surface area contributed by atoms with Crippen molar-refractivity contribution in [3.05, 3.63) is 29.8 Å². The van der Waals surface area contributed by atoms with Gasteiger partial charge >= 0.3 is 0 Å². The molecular formula is C21H28N2O3. The third-order valence-electron chi connectivity index (χ3n) is 4.44. The molecule has 1 saturated carbocycles. The number of nitrogens with zero attached hydrogens (tertiary/aromatic N) is 1. The minimum absolute atomic E-state index is 0.238. The number of hydrogen-bond donors (Lipinski definition) is 1. The Morgan fingerprint density at radius 1 is 1.23 bits per heavy atom. The molecule has 140 valence electrons. The summed E-state index contributed by atoms with van der Waals surface area (Å²) < 4.78 is 11.3. The van der Waals surface area contributed by atoms with Crippen molar-refractivity contribution in [2.75, 3.05) is 13.2 Å². The summed E-state index contributed by atoms with van der Waals surface area (Å²) in [6.45, 7) is 5.15. The molecule has 2 rings (SSSR count). The van der Waals surface area contributed by atoms with Crippen LogP contribution in [0.2, 0.25) is 0 Å². The molecule has 1 aromatic rings. The summed E-state index contributed by atoms with van der Waals surface area (Å²) >= 11 is 0. The maximum Gasteiger partial charge on any atom is 0.245 e. The highest BCUT2D eigenvalue weighted by atomic mass is 16.5. The van der Waals surface area contributed by atoms with Gasteiger partial charge in [0.25, 0.3) is 0 Å². The van der Waals surface area contributed by atoms with E-state index in [1.54, 1.807) is 6.08 Å². The van der Waals surface area contributed by atoms with Crippen LogP contribution in [0.5, 0.6) is 11.5 Å². The summed E-state index contributed by atoms with van der Waals surface area (Å²) in [5, 5.41) is 12.3. The molecule has 1 fully saturated rings. The Labute approximate surface area is 156 Å². The highest BCUT2D eigenvalue weighted by molar-refractivity contribution is 5.92. The van der Waals surface area contributed by atoms with Crippen molar-refractivity contribution in [2.24, 2.45) is 0 Å². The van der Waals surface area contributed by atoms with E-state index < -0.39 is 5.54 Å². The number of carbonyl (C=O) groups excluding carboxylic acids is 1. The number of ether oxygens (including phenoxy) is 2. The van der Waals surface area contributed by atoms with Crippen molar-refractivity contribution >= 4 is 12.0 Å². The molecule has 0 heterocycles. The van der Waals surface area contributed by atoms with Crippen LogP contribution in [0.25, 0.3) is 6.08 Å². The molecule has 26 heavy (non-hydrogen) atoms. The van der Waals surface area contributed by atoms with Crippen molar-refractivity contribution in [3.63, 3.8) is 0 Å². The number of hydrogen-bond acceptors (Lipinski definition) is 4. The van der Waals surface area contributed by atoms with Crippen LogP contribution in [0.15, 0.2) is 24.3 Å². The van der Waals surface area contributed by atoms with Gasteiger partial charge in [-0.3, -0.25) is 4.79 Å². The van der Waals surface area contributed by atoms with Gasteiger partial charge in [-0.15, -0.1) is 0 Å². The zero-order valence-corrected chi connectivity index (χ0v) is 15.7. The van der Waals surface area contributed by atoms with Gasteiger partial charge in [0.05, 0.1) is 19.3 Å². The van der Waals surface area contributed by atoms with Crippen molar-refractivity contribution in [3.8, 4) is 17.6 Å². The van der Waals surface area contributed by atoms with Gasteiger partial charge < -0.3 is 14.8 Å². The van der Waals surface area contributed by atoms with Crippen LogP contribution in [0, 0.1) is 11.3 Å². The molecule has 1 N–H and O–H groups in total. The number of amides is 1. The molecule has 0 spiro atoms. The highest BCUT2D eigenvalue weighted by Crippen LogP contribution is 2.30. The van der Waals surface area contributed by atoms with Crippen LogP contribution >= 0.6 is 0 Å². The molecule has 0 atom stereocenters. The summed E-state index contributed by atoms with van der Waals surface area (Å²) in [6.07, 6.45) is 8.67. The predicted molar refractivity (Wildman–Crippen MR) is 102 cm³/mol. The lowest BCUT2D eigenvalue weighted by Gasteiger charge is -2.31. The first-order valence-electron chi connectivity index (χ1n) is 9.43. The summed E-state index contributed by atoms with van der Waals surface area (Å²) in [5.74, 6) is 1.14. The summed E-state index contributed by atoms with van der Waals surface area (Å²) in [7, 11) is 0. The molecule has 1 amide bonds. The molecule has 1 aliphatic rings. The average Bonchev–Trinajstić information content (AvgIpc) is 2.66. The van der Waals surface area contributed by atoms with Crippen LogP contribution in [0.1, 0.15) is 57.9 Å². The molecule has 0 unspecified atom stereocenters. The van der Waals surface area contributed by atoms with E-state index in [4.69, 9.17) is 9.47 Å². The molecule has 5 heteroatoms. The minimum atomic E-state index is -0.714. The Balaban J connectivity index is 2.05. The molecule has 1 aromatic carbocycles. The molecule has 0 bridgehead atoms. The maximum atomic E-state index is 12.3. The zero-order valence-electron chi connectivity index (χ0n) is 15.7. The van der Waals surface area contributed by atoms with Gasteiger partial charge in [0, 0.05) is 6.08 Å². The lowest BCUT2D eigenvalue weighted by Crippen LogP contribution is -2.48. The van der Waals surface area contributed by atoms with E-state index in [1.165, 1.54) is 6.08 Å². The van der Waals surface area contributed by atoms with E-state index in [9.17, 15) is 10.1 Å². The van der Waals surface area contributed by atoms with E-state index in [0.717, 1.165) is 44.1 Å². The molecule has 0 aliphatic heterocycles. The van der Waals surface area contributed by atoms with Crippen LogP contribution in [0.3, 0.4) is 0 Å². The second kappa shape index (κ2) is 9.86. The minimum Gasteiger partial charge on any atom is -0.490 e. The van der Waals surface area contributed by atoms with Crippen molar-refractivity contribution in [1.29, 1.82) is 5.26 Å². The zero-order chi connectivity index (χ0) is 18.8. The third kappa shape index (κ3) is 5.52. The van der Waals surface area contributed by atoms with Crippen LogP contribution < -0.4 is 14.8 Å². The molecular weight excluding hydrogens is 328 g/mol. The fourth-order valence-electron chi connectivity index (χ4n) is 3.10. The molecule has 0 saturated heterocycles. The number of nitrogens with one attached hydrogen (secondary N) is 1. The van der Waals surface area contributed by atoms with Gasteiger partial charge in [0.1, 0.15) is 5.54 Å². The van der Waals surface area contributed by atoms with Crippen molar-refractivity contribution in [1.82, 2.24) is 5.32 Å². The number of rotatable bonds is 8. The smallest absolute Gasteiger partial charge is 0.245 e. The van der Waals surface area contributed by atoms with Crippen molar-refractivity contribution in [2.45, 2.75) is 57.9 Å². The van der Waals surface area contributed by atoms with Gasteiger partial charge in [-0.2, -0.15) is 5.26 Å². The molecule has 0 aromatic heterocycles. The molecule has 1 aliphatic carbocycles. The fourth-order valence-corrected chi connectivity index (χ4v) is 3.10. The summed E-state index contributed by atoms with van der Waals surface area (Å²) in [4.78, 5) is 12.3. The van der Waals surface area contributed by atoms with Gasteiger partial charge in [-0.1, -0.05) is 32.3 Å². The number of carbonyl (C=O) groups is 1. The van der Waals surface area contributed by atoms with Gasteiger partial charge in [0.2, 0.25) is 5.91 Å². The third-order valence-corrected chi connectivity index (χ3v) is 4.44. The van der Waals surface area contributed by atoms with Crippen LogP contribution in [-0.4, -0.2) is 24.7 Å². The van der Waals surface area contributed by atoms with E-state index in [1.807, 2.05) is 25.1 Å². The van der Waals surface area contributed by atoms with Gasteiger partial charge in [-0.05, 0) is 50.0 Å². The van der Waals surface area contributed by atoms with E-state index >= 15 is 0 Å². The Hall–Kier alpha value is -2.48. The van der Waals surface area contributed by atoms with Crippen LogP contribution in [-0.2, 0) is 4.79 Å². The normalized spacial score (nSPS) is 16.0. The Morgan fingerprint density at radius 3 is 2.65 bits per heavy atom. The highest BCUT2D eigenvalue weighted by Gasteiger charge is 2.32. The first kappa shape index (κ1) is 19.8. The van der Waals surface area contributed by atoms with Crippen molar-refractivity contribution < 1.29 is 14.3 Å². The summed E-state index contributed by atoms with van der Waals surface area (Å²) in [6, 6.07) is 7.90. The lowest BCUT2D eigenvalue weighted by molar-refractivity contribution is -0.118. The van der Waals surface area contributed by atoms with Gasteiger partial charge in [-0.25, -0.2) is 0 Å². The average molecular weight is 356 g/mol. The lowest BCUT2D eigenvalue weighted by atomic mass is 9.83. The van der Waals surface area contributed by atoms with E-state index in [-0.39, 0.29) is 5.91 Å². The Bertz CT molecular complexity index is 670. The largest absolute Gasteiger partial charge is 0.490 e. The standard InChI is InChI=1S/C21H28N2O3/c1-3-14-26-18-10-8-17(15-19(18)25-4-2)9-11-20(24)23-21(16-22)12-6-5-7-13-21/h8-11,15H,3-7,12-14H2,1-2H3,(H,23,24)/b11-9+. The fraction of sp³-hybridized carbons (Fsp3) is 0.524. The molecule has 0 radical (unpaired) electrons.